The van der Waals surface area contributed by atoms with Gasteiger partial charge in [0.1, 0.15) is 0 Å². The molecule has 0 unspecified atom stereocenters. The molecule has 33 heavy (non-hydrogen) atoms. The SMILES string of the molecule is C=[C-]C=C.CC(=O)O.CC(C)P(C(C)C)C(C)C.CC(C)P(C(C)C)C(C)C.[C-]#[O+].[C-]#[O+].[Os+]. The van der Waals surface area contributed by atoms with Gasteiger partial charge in [0.15, 0.2) is 0 Å². The van der Waals surface area contributed by atoms with Crippen molar-refractivity contribution in [1.29, 1.82) is 0 Å². The van der Waals surface area contributed by atoms with E-state index in [9.17, 15) is 0 Å². The number of allylic oxidation sites excluding steroid dienone is 2. The van der Waals surface area contributed by atoms with Crippen LogP contribution < -0.4 is 0 Å². The number of hydrogen-bond acceptors (Lipinski definition) is 1. The molecular formula is C26H51O4OsP2. The van der Waals surface area contributed by atoms with Crippen molar-refractivity contribution in [2.75, 3.05) is 0 Å². The van der Waals surface area contributed by atoms with Crippen molar-refractivity contribution >= 4 is 21.8 Å². The number of carboxylic acid groups (broad SMARTS) is 1. The van der Waals surface area contributed by atoms with Gasteiger partial charge in [0.25, 0.3) is 5.97 Å². The van der Waals surface area contributed by atoms with Crippen molar-refractivity contribution in [2.24, 2.45) is 0 Å². The first-order valence-corrected chi connectivity index (χ1v) is 14.0. The predicted molar refractivity (Wildman–Crippen MR) is 145 cm³/mol. The molecule has 0 bridgehead atoms. The molecule has 1 radical (unpaired) electrons. The topological polar surface area (TPSA) is 77.1 Å². The normalized spacial score (nSPS) is 9.12. The van der Waals surface area contributed by atoms with Gasteiger partial charge in [0.2, 0.25) is 0 Å². The number of carbonyl (C=O) groups is 1. The molecule has 0 aromatic rings. The van der Waals surface area contributed by atoms with Crippen LogP contribution in [-0.2, 0) is 33.9 Å². The van der Waals surface area contributed by atoms with Crippen LogP contribution in [0.2, 0.25) is 0 Å². The van der Waals surface area contributed by atoms with E-state index in [4.69, 9.17) is 19.2 Å². The van der Waals surface area contributed by atoms with Gasteiger partial charge in [-0.25, -0.2) is 12.7 Å². The summed E-state index contributed by atoms with van der Waals surface area (Å²) in [4.78, 5) is 9.00. The van der Waals surface area contributed by atoms with Gasteiger partial charge in [-0.05, 0) is 34.0 Å². The van der Waals surface area contributed by atoms with Crippen LogP contribution in [0.25, 0.3) is 0 Å². The zero-order valence-electron chi connectivity index (χ0n) is 23.4. The Bertz CT molecular complexity index is 380. The van der Waals surface area contributed by atoms with Crippen molar-refractivity contribution in [3.05, 3.63) is 38.6 Å². The van der Waals surface area contributed by atoms with E-state index in [0.29, 0.717) is 0 Å². The second kappa shape index (κ2) is 36.5. The molecule has 0 heterocycles. The van der Waals surface area contributed by atoms with Crippen LogP contribution in [-0.4, -0.2) is 45.0 Å². The third-order valence-corrected chi connectivity index (χ3v) is 10.9. The molecule has 0 aromatic heterocycles. The molecule has 0 saturated heterocycles. The van der Waals surface area contributed by atoms with E-state index in [1.165, 1.54) is 6.08 Å². The molecule has 1 N–H and O–H groups in total. The first-order chi connectivity index (χ1) is 14.6. The fraction of sp³-hybridized carbons (Fsp3) is 0.731. The Labute approximate surface area is 222 Å². The van der Waals surface area contributed by atoms with Gasteiger partial charge in [-0.2, -0.15) is 6.58 Å². The minimum atomic E-state index is -0.833. The van der Waals surface area contributed by atoms with Gasteiger partial charge in [-0.1, -0.05) is 98.9 Å². The second-order valence-corrected chi connectivity index (χ2v) is 16.4. The van der Waals surface area contributed by atoms with Crippen LogP contribution in [0.3, 0.4) is 0 Å². The summed E-state index contributed by atoms with van der Waals surface area (Å²) in [5.74, 6) is -0.833. The Kier molecular flexibility index (Phi) is 55.2. The second-order valence-electron chi connectivity index (χ2n) is 8.38. The quantitative estimate of drug-likeness (QED) is 0.127. The zero-order chi connectivity index (χ0) is 27.6. The van der Waals surface area contributed by atoms with Crippen molar-refractivity contribution in [1.82, 2.24) is 0 Å². The molecule has 197 valence electrons. The minimum Gasteiger partial charge on any atom is 1.00 e. The van der Waals surface area contributed by atoms with Crippen LogP contribution in [0.5, 0.6) is 0 Å². The maximum absolute atomic E-state index is 9.00. The predicted octanol–water partition coefficient (Wildman–Crippen LogP) is 8.56. The maximum atomic E-state index is 9.00. The van der Waals surface area contributed by atoms with Crippen LogP contribution >= 0.6 is 15.8 Å². The fourth-order valence-corrected chi connectivity index (χ4v) is 10.7. The molecule has 0 amide bonds. The van der Waals surface area contributed by atoms with Gasteiger partial charge >= 0.3 is 42.4 Å². The molecule has 0 atom stereocenters. The molecule has 0 aromatic carbocycles. The Morgan fingerprint density at radius 1 is 0.727 bits per heavy atom. The monoisotopic (exact) mass is 681 g/mol. The molecule has 0 spiro atoms. The van der Waals surface area contributed by atoms with E-state index in [0.717, 1.165) is 40.9 Å². The average Bonchev–Trinajstić information content (AvgIpc) is 2.63. The van der Waals surface area contributed by atoms with E-state index >= 15 is 0 Å². The number of carboxylic acids is 1. The summed E-state index contributed by atoms with van der Waals surface area (Å²) in [6.45, 7) is 44.9. The molecule has 0 aliphatic carbocycles. The smallest absolute Gasteiger partial charge is 1.00 e. The van der Waals surface area contributed by atoms with Crippen LogP contribution in [0.1, 0.15) is 90.0 Å². The van der Waals surface area contributed by atoms with Crippen LogP contribution in [0.4, 0.5) is 0 Å². The standard InChI is InChI=1S/2C9H21P.C4H5.C2H4O2.2CO.Os/c2*1-7(2)10(8(3)4)9(5)6;1-3-4-2;1-2(3)4;2*1-2;/h2*7-9H,1-6H3;3H,1-2H2;1H3,(H,3,4);;;/q;;-1;;;;+1. The summed E-state index contributed by atoms with van der Waals surface area (Å²) in [5.41, 5.74) is 5.39. The van der Waals surface area contributed by atoms with E-state index in [2.05, 4.69) is 116 Å². The summed E-state index contributed by atoms with van der Waals surface area (Å²) in [7, 11) is 0.525. The Morgan fingerprint density at radius 2 is 0.818 bits per heavy atom. The van der Waals surface area contributed by atoms with Crippen molar-refractivity contribution in [3.63, 3.8) is 0 Å². The summed E-state index contributed by atoms with van der Waals surface area (Å²) in [6, 6.07) is 0. The third-order valence-electron chi connectivity index (χ3n) is 3.72. The first-order valence-electron chi connectivity index (χ1n) is 10.9. The summed E-state index contributed by atoms with van der Waals surface area (Å²) in [6.07, 6.45) is 3.96. The summed E-state index contributed by atoms with van der Waals surface area (Å²) >= 11 is 0. The minimum absolute atomic E-state index is 0. The van der Waals surface area contributed by atoms with Crippen LogP contribution in [0.15, 0.2) is 19.2 Å². The number of rotatable bonds is 7. The van der Waals surface area contributed by atoms with Gasteiger partial charge in [-0.3, -0.25) is 10.9 Å². The summed E-state index contributed by atoms with van der Waals surface area (Å²) in [5, 5.41) is 7.42. The molecular weight excluding hydrogens is 628 g/mol. The first kappa shape index (κ1) is 49.9. The van der Waals surface area contributed by atoms with E-state index in [1.807, 2.05) is 0 Å². The molecule has 0 aliphatic heterocycles. The summed E-state index contributed by atoms with van der Waals surface area (Å²) < 4.78 is 15.0. The van der Waals surface area contributed by atoms with E-state index < -0.39 is 5.97 Å². The van der Waals surface area contributed by atoms with Gasteiger partial charge in [0.05, 0.1) is 0 Å². The molecule has 0 saturated carbocycles. The third kappa shape index (κ3) is 46.0. The number of aliphatic carboxylic acids is 1. The molecule has 0 rings (SSSR count). The number of hydrogen-bond donors (Lipinski definition) is 1. The molecule has 0 fully saturated rings. The van der Waals surface area contributed by atoms with Crippen molar-refractivity contribution in [2.45, 2.75) is 124 Å². The van der Waals surface area contributed by atoms with Crippen molar-refractivity contribution < 1.29 is 39.0 Å². The van der Waals surface area contributed by atoms with Gasteiger partial charge < -0.3 is 5.11 Å². The largest absolute Gasteiger partial charge is 1.00 e. The fourth-order valence-electron chi connectivity index (χ4n) is 3.58. The van der Waals surface area contributed by atoms with Gasteiger partial charge in [-0.15, -0.1) is 0 Å². The molecule has 0 aliphatic rings. The Balaban J connectivity index is -0.0000000548. The Hall–Kier alpha value is -0.0736. The molecule has 7 heteroatoms. The van der Waals surface area contributed by atoms with E-state index in [-0.39, 0.29) is 35.6 Å². The molecule has 4 nitrogen and oxygen atoms in total. The average molecular weight is 680 g/mol. The zero-order valence-corrected chi connectivity index (χ0v) is 27.7. The maximum Gasteiger partial charge on any atom is 1.00 e. The Morgan fingerprint density at radius 3 is 0.818 bits per heavy atom. The van der Waals surface area contributed by atoms with Gasteiger partial charge in [0, 0.05) is 6.92 Å². The van der Waals surface area contributed by atoms with Crippen molar-refractivity contribution in [3.8, 4) is 0 Å². The van der Waals surface area contributed by atoms with Crippen LogP contribution in [0, 0.1) is 19.4 Å². The van der Waals surface area contributed by atoms with E-state index in [1.54, 1.807) is 0 Å².